The molecule has 0 spiro atoms. The van der Waals surface area contributed by atoms with Gasteiger partial charge in [-0.2, -0.15) is 0 Å². The average Bonchev–Trinajstić information content (AvgIpc) is 3.27. The van der Waals surface area contributed by atoms with E-state index in [2.05, 4.69) is 29.3 Å². The van der Waals surface area contributed by atoms with Gasteiger partial charge >= 0.3 is 0 Å². The highest BCUT2D eigenvalue weighted by molar-refractivity contribution is 8.15. The van der Waals surface area contributed by atoms with Crippen molar-refractivity contribution >= 4 is 46.2 Å². The lowest BCUT2D eigenvalue weighted by Crippen LogP contribution is -2.57. The van der Waals surface area contributed by atoms with Crippen LogP contribution < -0.4 is 0 Å². The zero-order valence-electron chi connectivity index (χ0n) is 13.7. The maximum atomic E-state index is 12.5. The predicted octanol–water partition coefficient (Wildman–Crippen LogP) is 4.27. The molecule has 132 valence electrons. The van der Waals surface area contributed by atoms with Crippen molar-refractivity contribution in [1.82, 2.24) is 9.91 Å². The molecule has 2 aromatic rings. The second kappa shape index (κ2) is 6.51. The van der Waals surface area contributed by atoms with Crippen molar-refractivity contribution in [1.29, 1.82) is 0 Å². The highest BCUT2D eigenvalue weighted by Crippen LogP contribution is 2.51. The normalized spacial score (nSPS) is 30.2. The van der Waals surface area contributed by atoms with Gasteiger partial charge in [0.2, 0.25) is 5.91 Å². The first-order chi connectivity index (χ1) is 12.7. The summed E-state index contributed by atoms with van der Waals surface area (Å²) in [4.78, 5) is 14.2. The summed E-state index contributed by atoms with van der Waals surface area (Å²) in [6.45, 7) is 0. The van der Waals surface area contributed by atoms with Crippen molar-refractivity contribution in [2.45, 2.75) is 22.2 Å². The molecule has 0 N–H and O–H groups in total. The third-order valence-corrected chi connectivity index (χ3v) is 7.93. The second-order valence-corrected chi connectivity index (χ2v) is 9.13. The third-order valence-electron chi connectivity index (χ3n) is 4.84. The Morgan fingerprint density at radius 3 is 2.35 bits per heavy atom. The number of benzene rings is 2. The molecule has 2 aromatic carbocycles. The van der Waals surface area contributed by atoms with Gasteiger partial charge in [-0.05, 0) is 11.1 Å². The summed E-state index contributed by atoms with van der Waals surface area (Å²) in [6, 6.07) is 20.2. The van der Waals surface area contributed by atoms with E-state index in [0.717, 1.165) is 16.5 Å². The number of hydrazone groups is 1. The molecule has 0 bridgehead atoms. The van der Waals surface area contributed by atoms with E-state index in [1.807, 2.05) is 48.2 Å². The number of amidine groups is 1. The van der Waals surface area contributed by atoms with Crippen LogP contribution >= 0.6 is 35.1 Å². The Balaban J connectivity index is 1.43. The van der Waals surface area contributed by atoms with Crippen molar-refractivity contribution in [2.75, 3.05) is 5.75 Å². The topological polar surface area (TPSA) is 35.9 Å². The SMILES string of the molecule is O=C1C(Cl)C(c2ccccc2)N1C1=NN2C(CSC2c2ccccc2)S1. The largest absolute Gasteiger partial charge is 0.279 e. The van der Waals surface area contributed by atoms with E-state index in [-0.39, 0.29) is 22.7 Å². The first-order valence-corrected chi connectivity index (χ1v) is 10.8. The van der Waals surface area contributed by atoms with Crippen molar-refractivity contribution in [2.24, 2.45) is 5.10 Å². The van der Waals surface area contributed by atoms with Gasteiger partial charge in [0.25, 0.3) is 0 Å². The number of halogens is 1. The first-order valence-electron chi connectivity index (χ1n) is 8.46. The third kappa shape index (κ3) is 2.54. The summed E-state index contributed by atoms with van der Waals surface area (Å²) in [5.74, 6) is 0.927. The van der Waals surface area contributed by atoms with Crippen LogP contribution in [-0.4, -0.2) is 37.5 Å². The number of fused-ring (bicyclic) bond motifs is 1. The lowest BCUT2D eigenvalue weighted by atomic mass is 9.94. The van der Waals surface area contributed by atoms with Crippen LogP contribution in [0.5, 0.6) is 0 Å². The molecule has 0 aromatic heterocycles. The predicted molar refractivity (Wildman–Crippen MR) is 108 cm³/mol. The quantitative estimate of drug-likeness (QED) is 0.556. The molecule has 3 aliphatic heterocycles. The van der Waals surface area contributed by atoms with Gasteiger partial charge in [0, 0.05) is 5.75 Å². The van der Waals surface area contributed by atoms with E-state index in [0.29, 0.717) is 0 Å². The van der Waals surface area contributed by atoms with Crippen molar-refractivity contribution in [3.63, 3.8) is 0 Å². The number of amides is 1. The zero-order valence-corrected chi connectivity index (χ0v) is 16.1. The minimum absolute atomic E-state index is 0.0585. The fourth-order valence-electron chi connectivity index (χ4n) is 3.53. The van der Waals surface area contributed by atoms with E-state index in [1.54, 1.807) is 16.7 Å². The van der Waals surface area contributed by atoms with Crippen LogP contribution in [0.3, 0.4) is 0 Å². The Morgan fingerprint density at radius 2 is 1.65 bits per heavy atom. The van der Waals surface area contributed by atoms with Gasteiger partial charge in [-0.3, -0.25) is 14.7 Å². The summed E-state index contributed by atoms with van der Waals surface area (Å²) in [5.41, 5.74) is 2.30. The molecule has 5 rings (SSSR count). The first kappa shape index (κ1) is 16.5. The molecule has 0 aliphatic carbocycles. The smallest absolute Gasteiger partial charge is 0.249 e. The van der Waals surface area contributed by atoms with Crippen molar-refractivity contribution in [3.05, 3.63) is 71.8 Å². The summed E-state index contributed by atoms with van der Waals surface area (Å²) in [7, 11) is 0. The van der Waals surface area contributed by atoms with E-state index < -0.39 is 5.38 Å². The molecule has 4 nitrogen and oxygen atoms in total. The van der Waals surface area contributed by atoms with Gasteiger partial charge in [-0.1, -0.05) is 72.4 Å². The number of hydrogen-bond acceptors (Lipinski definition) is 5. The fourth-order valence-corrected chi connectivity index (χ4v) is 6.66. The van der Waals surface area contributed by atoms with Crippen LogP contribution in [0.1, 0.15) is 22.5 Å². The maximum Gasteiger partial charge on any atom is 0.249 e. The summed E-state index contributed by atoms with van der Waals surface area (Å²) >= 11 is 9.91. The van der Waals surface area contributed by atoms with Crippen LogP contribution in [0.2, 0.25) is 0 Å². The number of thioether (sulfide) groups is 2. The molecule has 3 aliphatic rings. The molecule has 2 fully saturated rings. The van der Waals surface area contributed by atoms with Crippen LogP contribution in [0, 0.1) is 0 Å². The fraction of sp³-hybridized carbons (Fsp3) is 0.263. The zero-order chi connectivity index (χ0) is 17.7. The molecular formula is C19H16ClN3OS2. The van der Waals surface area contributed by atoms with Gasteiger partial charge in [0.15, 0.2) is 5.17 Å². The highest BCUT2D eigenvalue weighted by Gasteiger charge is 2.53. The minimum atomic E-state index is -0.518. The Morgan fingerprint density at radius 1 is 1.00 bits per heavy atom. The van der Waals surface area contributed by atoms with Gasteiger partial charge in [-0.15, -0.1) is 28.5 Å². The lowest BCUT2D eigenvalue weighted by molar-refractivity contribution is -0.138. The second-order valence-electron chi connectivity index (χ2n) is 6.40. The number of β-lactam (4-membered cyclic amide) rings is 1. The van der Waals surface area contributed by atoms with E-state index in [4.69, 9.17) is 16.7 Å². The van der Waals surface area contributed by atoms with Crippen LogP contribution in [-0.2, 0) is 4.79 Å². The highest BCUT2D eigenvalue weighted by atomic mass is 35.5. The summed E-state index contributed by atoms with van der Waals surface area (Å²) in [5, 5.41) is 7.68. The van der Waals surface area contributed by atoms with Gasteiger partial charge in [-0.25, -0.2) is 0 Å². The van der Waals surface area contributed by atoms with Gasteiger partial charge in [0.1, 0.15) is 16.1 Å². The number of carbonyl (C=O) groups excluding carboxylic acids is 1. The molecule has 4 atom stereocenters. The minimum Gasteiger partial charge on any atom is -0.279 e. The molecule has 2 saturated heterocycles. The molecule has 0 radical (unpaired) electrons. The van der Waals surface area contributed by atoms with Crippen LogP contribution in [0.15, 0.2) is 65.8 Å². The molecule has 26 heavy (non-hydrogen) atoms. The van der Waals surface area contributed by atoms with E-state index in [1.165, 1.54) is 5.56 Å². The Bertz CT molecular complexity index is 864. The van der Waals surface area contributed by atoms with Gasteiger partial charge < -0.3 is 0 Å². The van der Waals surface area contributed by atoms with Crippen molar-refractivity contribution in [3.8, 4) is 0 Å². The van der Waals surface area contributed by atoms with Crippen LogP contribution in [0.25, 0.3) is 0 Å². The average molecular weight is 402 g/mol. The molecular weight excluding hydrogens is 386 g/mol. The molecule has 1 amide bonds. The molecule has 7 heteroatoms. The maximum absolute atomic E-state index is 12.5. The number of likely N-dealkylation sites (tertiary alicyclic amines) is 1. The molecule has 0 saturated carbocycles. The number of alkyl halides is 1. The summed E-state index contributed by atoms with van der Waals surface area (Å²) < 4.78 is 0. The summed E-state index contributed by atoms with van der Waals surface area (Å²) in [6.07, 6.45) is 0. The van der Waals surface area contributed by atoms with Crippen LogP contribution in [0.4, 0.5) is 0 Å². The lowest BCUT2D eigenvalue weighted by Gasteiger charge is -2.43. The standard InChI is InChI=1S/C19H16ClN3OS2/c20-15-16(12-7-3-1-4-8-12)22(17(15)24)19-21-23-14(26-19)11-25-18(23)13-9-5-2-6-10-13/h1-10,14-16,18H,11H2. The number of carbonyl (C=O) groups is 1. The van der Waals surface area contributed by atoms with E-state index >= 15 is 0 Å². The number of hydrogen-bond donors (Lipinski definition) is 0. The Hall–Kier alpha value is -1.63. The Labute approximate surface area is 165 Å². The van der Waals surface area contributed by atoms with Crippen molar-refractivity contribution < 1.29 is 4.79 Å². The monoisotopic (exact) mass is 401 g/mol. The Kier molecular flexibility index (Phi) is 4.14. The van der Waals surface area contributed by atoms with E-state index in [9.17, 15) is 4.79 Å². The molecule has 4 unspecified atom stereocenters. The molecule has 3 heterocycles. The van der Waals surface area contributed by atoms with Gasteiger partial charge in [0.05, 0.1) is 6.04 Å². The number of nitrogens with zero attached hydrogens (tertiary/aromatic N) is 3. The number of rotatable bonds is 2.